The molecule has 1 amide bonds. The van der Waals surface area contributed by atoms with E-state index in [1.54, 1.807) is 12.1 Å². The summed E-state index contributed by atoms with van der Waals surface area (Å²) in [6.07, 6.45) is 4.65. The number of fused-ring (bicyclic) bond motifs is 2. The number of hydrogen-bond acceptors (Lipinski definition) is 4. The predicted octanol–water partition coefficient (Wildman–Crippen LogP) is 3.75. The summed E-state index contributed by atoms with van der Waals surface area (Å²) < 4.78 is 5.36. The Morgan fingerprint density at radius 1 is 1.27 bits per heavy atom. The number of nitrogens with zero attached hydrogens (tertiary/aromatic N) is 2. The van der Waals surface area contributed by atoms with Crippen molar-refractivity contribution in [3.05, 3.63) is 34.4 Å². The summed E-state index contributed by atoms with van der Waals surface area (Å²) in [6, 6.07) is 6.43. The van der Waals surface area contributed by atoms with Crippen LogP contribution < -0.4 is 4.74 Å². The van der Waals surface area contributed by atoms with E-state index in [4.69, 9.17) is 4.74 Å². The number of ether oxygens (including phenoxy) is 1. The summed E-state index contributed by atoms with van der Waals surface area (Å²) in [5.41, 5.74) is -0.175. The van der Waals surface area contributed by atoms with Crippen LogP contribution in [0.2, 0.25) is 0 Å². The Hall–Kier alpha value is -2.11. The second kappa shape index (κ2) is 5.94. The molecular formula is C16H20N2O4. The Morgan fingerprint density at radius 3 is 2.55 bits per heavy atom. The van der Waals surface area contributed by atoms with Crippen molar-refractivity contribution >= 4 is 11.8 Å². The first-order valence-electron chi connectivity index (χ1n) is 7.80. The fourth-order valence-electron chi connectivity index (χ4n) is 3.79. The van der Waals surface area contributed by atoms with E-state index in [9.17, 15) is 14.9 Å². The van der Waals surface area contributed by atoms with Crippen molar-refractivity contribution in [2.24, 2.45) is 5.92 Å². The highest BCUT2D eigenvalue weighted by molar-refractivity contribution is 5.73. The number of amides is 1. The summed E-state index contributed by atoms with van der Waals surface area (Å²) >= 11 is 0. The van der Waals surface area contributed by atoms with Crippen LogP contribution in [0.15, 0.2) is 24.3 Å². The molecule has 22 heavy (non-hydrogen) atoms. The zero-order chi connectivity index (χ0) is 15.7. The van der Waals surface area contributed by atoms with Crippen LogP contribution in [0.25, 0.3) is 0 Å². The highest BCUT2D eigenvalue weighted by Crippen LogP contribution is 2.37. The third-order valence-corrected chi connectivity index (χ3v) is 4.68. The highest BCUT2D eigenvalue weighted by Gasteiger charge is 2.40. The number of carbonyl (C=O) groups excluding carboxylic acids is 1. The van der Waals surface area contributed by atoms with E-state index in [1.165, 1.54) is 12.1 Å². The summed E-state index contributed by atoms with van der Waals surface area (Å²) in [6.45, 7) is 2.22. The van der Waals surface area contributed by atoms with Gasteiger partial charge in [0.1, 0.15) is 0 Å². The van der Waals surface area contributed by atoms with Gasteiger partial charge in [-0.15, -0.1) is 0 Å². The first kappa shape index (κ1) is 14.8. The van der Waals surface area contributed by atoms with Gasteiger partial charge in [-0.25, -0.2) is 4.79 Å². The van der Waals surface area contributed by atoms with Gasteiger partial charge in [-0.3, -0.25) is 10.1 Å². The molecule has 2 aliphatic heterocycles. The zero-order valence-electron chi connectivity index (χ0n) is 12.6. The topological polar surface area (TPSA) is 72.7 Å². The van der Waals surface area contributed by atoms with Gasteiger partial charge in [0.25, 0.3) is 0 Å². The van der Waals surface area contributed by atoms with Crippen molar-refractivity contribution in [1.29, 1.82) is 0 Å². The van der Waals surface area contributed by atoms with E-state index in [0.29, 0.717) is 5.92 Å². The first-order chi connectivity index (χ1) is 10.6. The summed E-state index contributed by atoms with van der Waals surface area (Å²) in [5.74, 6) is 0.639. The lowest BCUT2D eigenvalue weighted by atomic mass is 9.79. The molecule has 2 fully saturated rings. The lowest BCUT2D eigenvalue weighted by Gasteiger charge is -2.47. The molecule has 1 aromatic rings. The van der Waals surface area contributed by atoms with Gasteiger partial charge in [0.2, 0.25) is 5.75 Å². The van der Waals surface area contributed by atoms with E-state index in [-0.39, 0.29) is 23.5 Å². The van der Waals surface area contributed by atoms with Crippen molar-refractivity contribution in [3.8, 4) is 5.75 Å². The number of piperidine rings is 2. The van der Waals surface area contributed by atoms with E-state index in [1.807, 2.05) is 4.90 Å². The molecule has 2 saturated heterocycles. The van der Waals surface area contributed by atoms with Gasteiger partial charge < -0.3 is 9.64 Å². The van der Waals surface area contributed by atoms with E-state index < -0.39 is 11.0 Å². The van der Waals surface area contributed by atoms with Crippen molar-refractivity contribution in [2.45, 2.75) is 51.1 Å². The Bertz CT molecular complexity index is 575. The van der Waals surface area contributed by atoms with Crippen LogP contribution in [0, 0.1) is 16.0 Å². The van der Waals surface area contributed by atoms with Gasteiger partial charge in [0.05, 0.1) is 4.92 Å². The van der Waals surface area contributed by atoms with E-state index in [2.05, 4.69) is 6.92 Å². The molecule has 2 bridgehead atoms. The average molecular weight is 304 g/mol. The molecular weight excluding hydrogens is 284 g/mol. The van der Waals surface area contributed by atoms with Crippen LogP contribution in [-0.4, -0.2) is 28.0 Å². The van der Waals surface area contributed by atoms with E-state index >= 15 is 0 Å². The van der Waals surface area contributed by atoms with Crippen LogP contribution in [0.5, 0.6) is 5.75 Å². The molecule has 2 aliphatic rings. The van der Waals surface area contributed by atoms with Crippen LogP contribution in [0.4, 0.5) is 10.5 Å². The van der Waals surface area contributed by atoms with Gasteiger partial charge in [-0.1, -0.05) is 19.1 Å². The Morgan fingerprint density at radius 2 is 1.91 bits per heavy atom. The van der Waals surface area contributed by atoms with Crippen LogP contribution in [0.1, 0.15) is 39.0 Å². The summed E-state index contributed by atoms with van der Waals surface area (Å²) in [5, 5.41) is 11.0. The molecule has 118 valence electrons. The lowest BCUT2D eigenvalue weighted by Crippen LogP contribution is -2.55. The molecule has 3 rings (SSSR count). The Labute approximate surface area is 129 Å². The molecule has 0 N–H and O–H groups in total. The summed E-state index contributed by atoms with van der Waals surface area (Å²) in [7, 11) is 0. The highest BCUT2D eigenvalue weighted by atomic mass is 16.6. The van der Waals surface area contributed by atoms with Crippen molar-refractivity contribution in [2.75, 3.05) is 0 Å². The average Bonchev–Trinajstić information content (AvgIpc) is 2.46. The molecule has 0 aliphatic carbocycles. The van der Waals surface area contributed by atoms with Crippen molar-refractivity contribution in [1.82, 2.24) is 4.90 Å². The number of carbonyl (C=O) groups is 1. The van der Waals surface area contributed by atoms with Crippen molar-refractivity contribution < 1.29 is 14.5 Å². The Kier molecular flexibility index (Phi) is 4.00. The molecule has 2 heterocycles. The number of nitro groups is 1. The molecule has 6 nitrogen and oxygen atoms in total. The van der Waals surface area contributed by atoms with Crippen molar-refractivity contribution in [3.63, 3.8) is 0 Å². The van der Waals surface area contributed by atoms with Gasteiger partial charge in [0.15, 0.2) is 0 Å². The van der Waals surface area contributed by atoms with Gasteiger partial charge in [0, 0.05) is 18.2 Å². The largest absolute Gasteiger partial charge is 0.415 e. The predicted molar refractivity (Wildman–Crippen MR) is 80.8 cm³/mol. The maximum Gasteiger partial charge on any atom is 0.415 e. The monoisotopic (exact) mass is 304 g/mol. The smallest absolute Gasteiger partial charge is 0.403 e. The fraction of sp³-hybridized carbons (Fsp3) is 0.562. The minimum atomic E-state index is -0.526. The molecule has 1 aromatic carbocycles. The minimum absolute atomic E-state index is 0.0224. The molecule has 2 atom stereocenters. The molecule has 0 radical (unpaired) electrons. The molecule has 0 aromatic heterocycles. The standard InChI is InChI=1S/C16H20N2O4/c1-11-9-12-5-4-6-13(10-11)17(12)16(19)22-15-8-3-2-7-14(15)18(20)21/h2-3,7-8,11-13H,4-6,9-10H2,1H3. The lowest BCUT2D eigenvalue weighted by molar-refractivity contribution is -0.385. The maximum atomic E-state index is 12.5. The third kappa shape index (κ3) is 2.77. The third-order valence-electron chi connectivity index (χ3n) is 4.68. The number of hydrogen-bond donors (Lipinski definition) is 0. The fourth-order valence-corrected chi connectivity index (χ4v) is 3.79. The molecule has 0 spiro atoms. The number of para-hydroxylation sites is 2. The molecule has 0 saturated carbocycles. The zero-order valence-corrected chi connectivity index (χ0v) is 12.6. The number of nitro benzene ring substituents is 1. The van der Waals surface area contributed by atoms with Gasteiger partial charge in [-0.05, 0) is 44.1 Å². The second-order valence-corrected chi connectivity index (χ2v) is 6.32. The SMILES string of the molecule is CC1CC2CCCC(C1)N2C(=O)Oc1ccccc1[N+](=O)[O-]. The van der Waals surface area contributed by atoms with Gasteiger partial charge in [-0.2, -0.15) is 0 Å². The molecule has 6 heteroatoms. The first-order valence-corrected chi connectivity index (χ1v) is 7.80. The van der Waals surface area contributed by atoms with Gasteiger partial charge >= 0.3 is 11.8 Å². The maximum absolute atomic E-state index is 12.5. The normalized spacial score (nSPS) is 27.3. The molecule has 2 unspecified atom stereocenters. The number of rotatable bonds is 2. The van der Waals surface area contributed by atoms with Crippen LogP contribution in [-0.2, 0) is 0 Å². The quantitative estimate of drug-likeness (QED) is 0.616. The van der Waals surface area contributed by atoms with Crippen LogP contribution >= 0.6 is 0 Å². The second-order valence-electron chi connectivity index (χ2n) is 6.32. The summed E-state index contributed by atoms with van der Waals surface area (Å²) in [4.78, 5) is 24.9. The Balaban J connectivity index is 1.79. The van der Waals surface area contributed by atoms with E-state index in [0.717, 1.165) is 32.1 Å². The number of benzene rings is 1. The van der Waals surface area contributed by atoms with Crippen LogP contribution in [0.3, 0.4) is 0 Å². The minimum Gasteiger partial charge on any atom is -0.403 e.